The van der Waals surface area contributed by atoms with Crippen molar-refractivity contribution in [2.75, 3.05) is 7.05 Å². The van der Waals surface area contributed by atoms with Crippen LogP contribution in [0.1, 0.15) is 67.7 Å². The summed E-state index contributed by atoms with van der Waals surface area (Å²) in [7, 11) is 1.01. The second kappa shape index (κ2) is 16.4. The molecule has 0 saturated heterocycles. The highest BCUT2D eigenvalue weighted by molar-refractivity contribution is 7.09. The first-order valence-electron chi connectivity index (χ1n) is 14.5. The van der Waals surface area contributed by atoms with Crippen molar-refractivity contribution in [2.24, 2.45) is 23.5 Å². The predicted octanol–water partition coefficient (Wildman–Crippen LogP) is 5.14. The zero-order valence-electron chi connectivity index (χ0n) is 26.3. The van der Waals surface area contributed by atoms with Crippen molar-refractivity contribution in [3.63, 3.8) is 0 Å². The molecule has 1 aromatic heterocycles. The molecule has 262 valence electrons. The Kier molecular flexibility index (Phi) is 13.8. The van der Waals surface area contributed by atoms with Crippen LogP contribution >= 0.6 is 11.3 Å². The number of esters is 1. The van der Waals surface area contributed by atoms with Gasteiger partial charge in [-0.25, -0.2) is 4.98 Å². The molecule has 2 amide bonds. The minimum absolute atomic E-state index is 0.0723. The largest absolute Gasteiger partial charge is 0.481 e. The number of hydrogen-bond acceptors (Lipinski definition) is 8. The number of carbonyl (C=O) groups is 4. The van der Waals surface area contributed by atoms with Crippen LogP contribution in [0.25, 0.3) is 0 Å². The van der Waals surface area contributed by atoms with Crippen molar-refractivity contribution in [1.29, 1.82) is 0 Å². The monoisotopic (exact) mass is 696 g/mol. The number of aromatic nitrogens is 1. The zero-order valence-corrected chi connectivity index (χ0v) is 27.1. The molecule has 0 aliphatic carbocycles. The van der Waals surface area contributed by atoms with Crippen molar-refractivity contribution < 1.29 is 55.4 Å². The number of ether oxygens (including phenoxy) is 1. The average Bonchev–Trinajstić information content (AvgIpc) is 3.43. The predicted molar refractivity (Wildman–Crippen MR) is 159 cm³/mol. The van der Waals surface area contributed by atoms with Crippen molar-refractivity contribution in [3.05, 3.63) is 52.0 Å². The summed E-state index contributed by atoms with van der Waals surface area (Å²) >= 11 is 0.901. The summed E-state index contributed by atoms with van der Waals surface area (Å²) in [6.45, 7) is 5.69. The number of aliphatic carboxylic acids is 1. The zero-order chi connectivity index (χ0) is 35.9. The topological polar surface area (TPSA) is 152 Å². The van der Waals surface area contributed by atoms with Crippen LogP contribution in [0.15, 0.2) is 35.7 Å². The Bertz CT molecular complexity index is 1360. The van der Waals surface area contributed by atoms with Crippen molar-refractivity contribution in [2.45, 2.75) is 83.5 Å². The summed E-state index contributed by atoms with van der Waals surface area (Å²) in [5.74, 6) is -9.58. The van der Waals surface area contributed by atoms with Gasteiger partial charge in [-0.15, -0.1) is 11.3 Å². The van der Waals surface area contributed by atoms with Crippen LogP contribution in [0.2, 0.25) is 0 Å². The second-order valence-corrected chi connectivity index (χ2v) is 12.5. The van der Waals surface area contributed by atoms with E-state index in [1.165, 1.54) is 12.3 Å². The number of halogens is 6. The van der Waals surface area contributed by atoms with E-state index in [0.717, 1.165) is 30.9 Å². The molecular weight excluding hydrogens is 658 g/mol. The van der Waals surface area contributed by atoms with Crippen LogP contribution in [0.4, 0.5) is 26.3 Å². The molecule has 47 heavy (non-hydrogen) atoms. The number of amides is 2. The fourth-order valence-electron chi connectivity index (χ4n) is 5.05. The number of nitrogens with zero attached hydrogens (tertiary/aromatic N) is 2. The maximum atomic E-state index is 13.3. The standard InChI is InChI=1S/C30H38F6N4O6S/c1-15(2)21(40(5)27(43)23(37)24(29(31,32)33)30(34,35)36)13-22(46-17(4)41)26-39-20(14-47-26)25(42)38-19(11-16(3)28(44)45)12-18-9-7-6-8-10-18/h6-10,14-16,19,21-24H,11-13,37H2,1-5H3,(H,38,42)(H,44,45)/t16-,19+,21+,22+,23-/m0/s1. The Labute approximate surface area is 271 Å². The smallest absolute Gasteiger partial charge is 0.402 e. The minimum atomic E-state index is -5.84. The molecule has 2 aromatic rings. The number of nitrogens with two attached hydrogens (primary N) is 1. The van der Waals surface area contributed by atoms with Crippen LogP contribution in [0.5, 0.6) is 0 Å². The first kappa shape index (κ1) is 39.4. The van der Waals surface area contributed by atoms with E-state index in [2.05, 4.69) is 10.3 Å². The van der Waals surface area contributed by atoms with Crippen LogP contribution in [-0.4, -0.2) is 76.3 Å². The number of hydrogen-bond donors (Lipinski definition) is 3. The third-order valence-electron chi connectivity index (χ3n) is 7.48. The molecule has 0 spiro atoms. The molecule has 0 bridgehead atoms. The van der Waals surface area contributed by atoms with Gasteiger partial charge in [-0.2, -0.15) is 26.3 Å². The Morgan fingerprint density at radius 3 is 2.09 bits per heavy atom. The molecule has 1 heterocycles. The van der Waals surface area contributed by atoms with E-state index in [0.29, 0.717) is 11.3 Å². The molecular formula is C30H38F6N4O6S. The Morgan fingerprint density at radius 2 is 1.60 bits per heavy atom. The first-order chi connectivity index (χ1) is 21.6. The fraction of sp³-hybridized carbons (Fsp3) is 0.567. The molecule has 10 nitrogen and oxygen atoms in total. The van der Waals surface area contributed by atoms with Gasteiger partial charge in [0.1, 0.15) is 16.7 Å². The van der Waals surface area contributed by atoms with E-state index in [9.17, 15) is 50.6 Å². The normalized spacial score (nSPS) is 15.4. The molecule has 4 N–H and O–H groups in total. The lowest BCUT2D eigenvalue weighted by Crippen LogP contribution is -2.58. The van der Waals surface area contributed by atoms with E-state index in [4.69, 9.17) is 10.5 Å². The minimum Gasteiger partial charge on any atom is -0.481 e. The van der Waals surface area contributed by atoms with Gasteiger partial charge in [0.15, 0.2) is 12.0 Å². The van der Waals surface area contributed by atoms with E-state index < -0.39 is 78.1 Å². The lowest BCUT2D eigenvalue weighted by atomic mass is 9.93. The Morgan fingerprint density at radius 1 is 1.02 bits per heavy atom. The number of nitrogens with one attached hydrogen (secondary N) is 1. The molecule has 17 heteroatoms. The number of benzene rings is 1. The van der Waals surface area contributed by atoms with E-state index >= 15 is 0 Å². The van der Waals surface area contributed by atoms with Crippen molar-refractivity contribution in [3.8, 4) is 0 Å². The van der Waals surface area contributed by atoms with Gasteiger partial charge in [0.25, 0.3) is 5.91 Å². The quantitative estimate of drug-likeness (QED) is 0.171. The Hall–Kier alpha value is -3.73. The number of alkyl halides is 6. The van der Waals surface area contributed by atoms with Gasteiger partial charge in [0, 0.05) is 37.9 Å². The summed E-state index contributed by atoms with van der Waals surface area (Å²) in [6.07, 6.45) is -12.8. The van der Waals surface area contributed by atoms with Gasteiger partial charge < -0.3 is 25.8 Å². The summed E-state index contributed by atoms with van der Waals surface area (Å²) in [5.41, 5.74) is 6.01. The third kappa shape index (κ3) is 11.5. The number of likely N-dealkylation sites (N-methyl/N-ethyl adjacent to an activating group) is 1. The first-order valence-corrected chi connectivity index (χ1v) is 15.4. The highest BCUT2D eigenvalue weighted by Crippen LogP contribution is 2.41. The van der Waals surface area contributed by atoms with Crippen molar-refractivity contribution in [1.82, 2.24) is 15.2 Å². The number of carbonyl (C=O) groups excluding carboxylic acids is 3. The van der Waals surface area contributed by atoms with Gasteiger partial charge >= 0.3 is 24.3 Å². The summed E-state index contributed by atoms with van der Waals surface area (Å²) < 4.78 is 85.1. The fourth-order valence-corrected chi connectivity index (χ4v) is 5.89. The molecule has 0 unspecified atom stereocenters. The number of rotatable bonds is 15. The van der Waals surface area contributed by atoms with Gasteiger partial charge in [0.05, 0.1) is 5.92 Å². The lowest BCUT2D eigenvalue weighted by Gasteiger charge is -2.36. The van der Waals surface area contributed by atoms with Gasteiger partial charge in [-0.3, -0.25) is 19.2 Å². The van der Waals surface area contributed by atoms with Crippen LogP contribution < -0.4 is 11.1 Å². The number of carboxylic acid groups (broad SMARTS) is 1. The third-order valence-corrected chi connectivity index (χ3v) is 8.41. The SMILES string of the molecule is CC(=O)O[C@H](C[C@H](C(C)C)N(C)C(=O)[C@@H](N)C(C(F)(F)F)C(F)(F)F)c1nc(C(=O)N[C@@H](Cc2ccccc2)C[C@H](C)C(=O)O)cs1. The van der Waals surface area contributed by atoms with Gasteiger partial charge in [-0.05, 0) is 24.3 Å². The Balaban J connectivity index is 2.33. The van der Waals surface area contributed by atoms with Crippen LogP contribution in [0.3, 0.4) is 0 Å². The maximum absolute atomic E-state index is 13.3. The van der Waals surface area contributed by atoms with Crippen LogP contribution in [-0.2, 0) is 25.5 Å². The highest BCUT2D eigenvalue weighted by Gasteiger charge is 2.61. The molecule has 0 aliphatic heterocycles. The van der Waals surface area contributed by atoms with Gasteiger partial charge in [-0.1, -0.05) is 51.1 Å². The van der Waals surface area contributed by atoms with Crippen LogP contribution in [0, 0.1) is 17.8 Å². The van der Waals surface area contributed by atoms with Crippen molar-refractivity contribution >= 4 is 35.1 Å². The van der Waals surface area contributed by atoms with E-state index in [-0.39, 0.29) is 23.5 Å². The number of carboxylic acids is 1. The van der Waals surface area contributed by atoms with E-state index in [1.807, 2.05) is 12.1 Å². The summed E-state index contributed by atoms with van der Waals surface area (Å²) in [6, 6.07) is 4.38. The van der Waals surface area contributed by atoms with E-state index in [1.54, 1.807) is 32.0 Å². The molecule has 0 fully saturated rings. The molecule has 2 rings (SSSR count). The second-order valence-electron chi connectivity index (χ2n) is 11.6. The maximum Gasteiger partial charge on any atom is 0.402 e. The highest BCUT2D eigenvalue weighted by atomic mass is 32.1. The lowest BCUT2D eigenvalue weighted by molar-refractivity contribution is -0.288. The molecule has 1 aromatic carbocycles. The molecule has 0 aliphatic rings. The summed E-state index contributed by atoms with van der Waals surface area (Å²) in [4.78, 5) is 54.5. The number of thiazole rings is 1. The molecule has 0 radical (unpaired) electrons. The average molecular weight is 697 g/mol. The van der Waals surface area contributed by atoms with Gasteiger partial charge in [0.2, 0.25) is 5.91 Å². The molecule has 5 atom stereocenters. The summed E-state index contributed by atoms with van der Waals surface area (Å²) in [5, 5.41) is 13.6. The molecule has 0 saturated carbocycles.